The van der Waals surface area contributed by atoms with Crippen molar-refractivity contribution in [2.45, 2.75) is 51.5 Å². The van der Waals surface area contributed by atoms with E-state index in [1.807, 2.05) is 0 Å². The van der Waals surface area contributed by atoms with E-state index >= 15 is 0 Å². The fraction of sp³-hybridized carbons (Fsp3) is 0.857. The van der Waals surface area contributed by atoms with Crippen LogP contribution in [-0.4, -0.2) is 42.5 Å². The number of Topliss-reactive ketones (excluding diaryl/α,β-unsaturated/α-hetero) is 1. The van der Waals surface area contributed by atoms with E-state index in [9.17, 15) is 14.7 Å². The molecule has 0 aromatic carbocycles. The Morgan fingerprint density at radius 2 is 1.95 bits per heavy atom. The molecular weight excluding hydrogens is 244 g/mol. The Morgan fingerprint density at radius 3 is 2.53 bits per heavy atom. The number of carboxylic acid groups (broad SMARTS) is 1. The summed E-state index contributed by atoms with van der Waals surface area (Å²) in [6.45, 7) is 4.24. The van der Waals surface area contributed by atoms with Crippen molar-refractivity contribution in [2.24, 2.45) is 5.92 Å². The van der Waals surface area contributed by atoms with Gasteiger partial charge in [0.1, 0.15) is 5.92 Å². The van der Waals surface area contributed by atoms with Crippen molar-refractivity contribution in [3.63, 3.8) is 0 Å². The van der Waals surface area contributed by atoms with E-state index in [4.69, 9.17) is 0 Å². The summed E-state index contributed by atoms with van der Waals surface area (Å²) in [6, 6.07) is -0.342. The van der Waals surface area contributed by atoms with Gasteiger partial charge in [-0.2, -0.15) is 0 Å². The zero-order valence-corrected chi connectivity index (χ0v) is 11.8. The van der Waals surface area contributed by atoms with Crippen LogP contribution >= 0.6 is 0 Å². The molecule has 19 heavy (non-hydrogen) atoms. The van der Waals surface area contributed by atoms with Gasteiger partial charge in [0.2, 0.25) is 0 Å². The second-order valence-corrected chi connectivity index (χ2v) is 5.21. The van der Waals surface area contributed by atoms with E-state index in [-0.39, 0.29) is 11.8 Å². The van der Waals surface area contributed by atoms with Crippen molar-refractivity contribution < 1.29 is 14.7 Å². The number of ketones is 1. The van der Waals surface area contributed by atoms with E-state index in [1.54, 1.807) is 0 Å². The molecule has 0 amide bonds. The molecule has 0 aliphatic carbocycles. The minimum absolute atomic E-state index is 0.171. The second kappa shape index (κ2) is 9.04. The molecular formula is C14H26N2O3. The number of rotatable bonds is 9. The molecule has 0 aromatic rings. The minimum atomic E-state index is -0.979. The van der Waals surface area contributed by atoms with Crippen molar-refractivity contribution in [3.05, 3.63) is 0 Å². The highest BCUT2D eigenvalue weighted by atomic mass is 16.4. The second-order valence-electron chi connectivity index (χ2n) is 5.21. The predicted octanol–water partition coefficient (Wildman–Crippen LogP) is 1.18. The van der Waals surface area contributed by atoms with Crippen LogP contribution in [0.25, 0.3) is 0 Å². The SMILES string of the molecule is CCCCCCC[C@@H](C(=O)O)C(=O)[C@@H]1CNCCN1. The number of aliphatic carboxylic acids is 1. The summed E-state index contributed by atoms with van der Waals surface area (Å²) in [5.41, 5.74) is 0. The number of carbonyl (C=O) groups is 2. The summed E-state index contributed by atoms with van der Waals surface area (Å²) in [6.07, 6.45) is 5.78. The molecule has 0 bridgehead atoms. The van der Waals surface area contributed by atoms with Gasteiger partial charge in [0.15, 0.2) is 5.78 Å². The molecule has 0 unspecified atom stereocenters. The largest absolute Gasteiger partial charge is 0.481 e. The molecule has 3 N–H and O–H groups in total. The van der Waals surface area contributed by atoms with Gasteiger partial charge < -0.3 is 15.7 Å². The maximum absolute atomic E-state index is 12.2. The standard InChI is InChI=1S/C14H26N2O3/c1-2-3-4-5-6-7-11(14(18)19)13(17)12-10-15-8-9-16-12/h11-12,15-16H,2-10H2,1H3,(H,18,19)/t11-,12+/m1/s1. The Kier molecular flexibility index (Phi) is 7.67. The van der Waals surface area contributed by atoms with Crippen LogP contribution in [0.2, 0.25) is 0 Å². The fourth-order valence-corrected chi connectivity index (χ4v) is 2.44. The molecule has 1 aliphatic rings. The molecule has 1 saturated heterocycles. The highest BCUT2D eigenvalue weighted by Gasteiger charge is 2.32. The van der Waals surface area contributed by atoms with Gasteiger partial charge in [0.05, 0.1) is 6.04 Å². The van der Waals surface area contributed by atoms with Crippen LogP contribution in [0.1, 0.15) is 45.4 Å². The van der Waals surface area contributed by atoms with Gasteiger partial charge in [-0.3, -0.25) is 9.59 Å². The molecule has 0 spiro atoms. The van der Waals surface area contributed by atoms with E-state index in [1.165, 1.54) is 12.8 Å². The lowest BCUT2D eigenvalue weighted by Crippen LogP contribution is -2.54. The monoisotopic (exact) mass is 270 g/mol. The zero-order chi connectivity index (χ0) is 14.1. The molecule has 2 atom stereocenters. The smallest absolute Gasteiger partial charge is 0.314 e. The van der Waals surface area contributed by atoms with E-state index in [2.05, 4.69) is 17.6 Å². The summed E-state index contributed by atoms with van der Waals surface area (Å²) >= 11 is 0. The van der Waals surface area contributed by atoms with Crippen molar-refractivity contribution in [1.82, 2.24) is 10.6 Å². The molecule has 1 rings (SSSR count). The number of hydrogen-bond acceptors (Lipinski definition) is 4. The third-order valence-electron chi connectivity index (χ3n) is 3.62. The zero-order valence-electron chi connectivity index (χ0n) is 11.8. The van der Waals surface area contributed by atoms with Crippen molar-refractivity contribution in [2.75, 3.05) is 19.6 Å². The Labute approximate surface area is 115 Å². The van der Waals surface area contributed by atoms with E-state index in [0.717, 1.165) is 32.4 Å². The van der Waals surface area contributed by atoms with E-state index in [0.29, 0.717) is 13.0 Å². The first-order valence-electron chi connectivity index (χ1n) is 7.37. The average Bonchev–Trinajstić information content (AvgIpc) is 2.43. The predicted molar refractivity (Wildman–Crippen MR) is 74.2 cm³/mol. The first-order chi connectivity index (χ1) is 9.16. The van der Waals surface area contributed by atoms with Crippen molar-refractivity contribution in [3.8, 4) is 0 Å². The summed E-state index contributed by atoms with van der Waals surface area (Å²) in [4.78, 5) is 23.4. The van der Waals surface area contributed by atoms with E-state index < -0.39 is 11.9 Å². The molecule has 0 saturated carbocycles. The highest BCUT2D eigenvalue weighted by molar-refractivity contribution is 6.01. The number of carbonyl (C=O) groups excluding carboxylic acids is 1. The molecule has 1 heterocycles. The molecule has 5 nitrogen and oxygen atoms in total. The number of hydrogen-bond donors (Lipinski definition) is 3. The molecule has 110 valence electrons. The third kappa shape index (κ3) is 5.70. The lowest BCUT2D eigenvalue weighted by atomic mass is 9.91. The lowest BCUT2D eigenvalue weighted by molar-refractivity contribution is -0.147. The van der Waals surface area contributed by atoms with Crippen LogP contribution in [0, 0.1) is 5.92 Å². The van der Waals surface area contributed by atoms with Crippen LogP contribution in [0.5, 0.6) is 0 Å². The third-order valence-corrected chi connectivity index (χ3v) is 3.62. The van der Waals surface area contributed by atoms with Gasteiger partial charge in [-0.1, -0.05) is 39.0 Å². The van der Waals surface area contributed by atoms with Crippen LogP contribution in [-0.2, 0) is 9.59 Å². The highest BCUT2D eigenvalue weighted by Crippen LogP contribution is 2.15. The summed E-state index contributed by atoms with van der Waals surface area (Å²) in [5.74, 6) is -2.00. The first kappa shape index (κ1) is 16.1. The average molecular weight is 270 g/mol. The van der Waals surface area contributed by atoms with Gasteiger partial charge in [0, 0.05) is 19.6 Å². The van der Waals surface area contributed by atoms with Crippen molar-refractivity contribution >= 4 is 11.8 Å². The molecule has 0 radical (unpaired) electrons. The topological polar surface area (TPSA) is 78.4 Å². The number of nitrogens with one attached hydrogen (secondary N) is 2. The molecule has 5 heteroatoms. The van der Waals surface area contributed by atoms with Gasteiger partial charge in [-0.25, -0.2) is 0 Å². The molecule has 1 fully saturated rings. The van der Waals surface area contributed by atoms with Gasteiger partial charge >= 0.3 is 5.97 Å². The van der Waals surface area contributed by atoms with Gasteiger partial charge in [-0.05, 0) is 6.42 Å². The maximum Gasteiger partial charge on any atom is 0.314 e. The fourth-order valence-electron chi connectivity index (χ4n) is 2.44. The first-order valence-corrected chi connectivity index (χ1v) is 7.37. The van der Waals surface area contributed by atoms with Crippen LogP contribution in [0.4, 0.5) is 0 Å². The number of unbranched alkanes of at least 4 members (excludes halogenated alkanes) is 4. The maximum atomic E-state index is 12.2. The summed E-state index contributed by atoms with van der Waals surface area (Å²) in [7, 11) is 0. The van der Waals surface area contributed by atoms with Crippen LogP contribution in [0.3, 0.4) is 0 Å². The quantitative estimate of drug-likeness (QED) is 0.433. The Morgan fingerprint density at radius 1 is 1.21 bits per heavy atom. The van der Waals surface area contributed by atoms with Gasteiger partial charge in [-0.15, -0.1) is 0 Å². The number of carboxylic acids is 1. The molecule has 0 aromatic heterocycles. The summed E-state index contributed by atoms with van der Waals surface area (Å²) < 4.78 is 0. The number of piperazine rings is 1. The lowest BCUT2D eigenvalue weighted by Gasteiger charge is -2.25. The van der Waals surface area contributed by atoms with Crippen molar-refractivity contribution in [1.29, 1.82) is 0 Å². The minimum Gasteiger partial charge on any atom is -0.481 e. The van der Waals surface area contributed by atoms with Crippen LogP contribution < -0.4 is 10.6 Å². The Hall–Kier alpha value is -0.940. The molecule has 1 aliphatic heterocycles. The van der Waals surface area contributed by atoms with Gasteiger partial charge in [0.25, 0.3) is 0 Å². The normalized spacial score (nSPS) is 21.0. The van der Waals surface area contributed by atoms with Crippen LogP contribution in [0.15, 0.2) is 0 Å². The Balaban J connectivity index is 2.38. The summed E-state index contributed by atoms with van der Waals surface area (Å²) in [5, 5.41) is 15.4. The Bertz CT molecular complexity index is 288.